The summed E-state index contributed by atoms with van der Waals surface area (Å²) in [6, 6.07) is 3.91. The minimum absolute atomic E-state index is 0.0881. The number of aromatic nitrogens is 2. The molecule has 2 atom stereocenters. The maximum Gasteiger partial charge on any atom is 0.264 e. The van der Waals surface area contributed by atoms with Gasteiger partial charge in [-0.05, 0) is 24.5 Å². The summed E-state index contributed by atoms with van der Waals surface area (Å²) in [6.07, 6.45) is 3.71. The van der Waals surface area contributed by atoms with E-state index in [0.717, 1.165) is 10.5 Å². The molecular weight excluding hydrogens is 374 g/mol. The number of carbonyl (C=O) groups excluding carboxylic acids is 4. The summed E-state index contributed by atoms with van der Waals surface area (Å²) in [7, 11) is 0. The molecule has 2 aromatic rings. The van der Waals surface area contributed by atoms with Crippen LogP contribution in [0.25, 0.3) is 0 Å². The second-order valence-electron chi connectivity index (χ2n) is 7.57. The number of imide groups is 2. The van der Waals surface area contributed by atoms with Crippen molar-refractivity contribution < 1.29 is 19.2 Å². The third-order valence-electron chi connectivity index (χ3n) is 5.32. The molecule has 29 heavy (non-hydrogen) atoms. The van der Waals surface area contributed by atoms with E-state index in [1.807, 2.05) is 13.8 Å². The summed E-state index contributed by atoms with van der Waals surface area (Å²) >= 11 is 0. The number of nitrogens with zero attached hydrogens (tertiary/aromatic N) is 2. The molecule has 0 bridgehead atoms. The van der Waals surface area contributed by atoms with Crippen molar-refractivity contribution in [2.75, 3.05) is 5.32 Å². The van der Waals surface area contributed by atoms with Gasteiger partial charge in [-0.15, -0.1) is 0 Å². The molecule has 2 aliphatic heterocycles. The zero-order valence-electron chi connectivity index (χ0n) is 16.1. The summed E-state index contributed by atoms with van der Waals surface area (Å²) in [5.74, 6) is -1.89. The van der Waals surface area contributed by atoms with Crippen molar-refractivity contribution in [2.45, 2.75) is 38.8 Å². The van der Waals surface area contributed by atoms with Gasteiger partial charge in [0.15, 0.2) is 0 Å². The van der Waals surface area contributed by atoms with E-state index in [-0.39, 0.29) is 35.9 Å². The van der Waals surface area contributed by atoms with Crippen molar-refractivity contribution >= 4 is 29.3 Å². The molecule has 3 N–H and O–H groups in total. The van der Waals surface area contributed by atoms with Crippen molar-refractivity contribution in [3.05, 3.63) is 47.3 Å². The molecule has 3 heterocycles. The van der Waals surface area contributed by atoms with Gasteiger partial charge in [0.2, 0.25) is 11.8 Å². The maximum absolute atomic E-state index is 13.2. The summed E-state index contributed by atoms with van der Waals surface area (Å²) < 4.78 is 0. The molecule has 9 nitrogen and oxygen atoms in total. The third kappa shape index (κ3) is 3.18. The lowest BCUT2D eigenvalue weighted by Gasteiger charge is -2.28. The molecule has 2 unspecified atom stereocenters. The average molecular weight is 395 g/mol. The van der Waals surface area contributed by atoms with Gasteiger partial charge in [-0.3, -0.25) is 34.5 Å². The van der Waals surface area contributed by atoms with Gasteiger partial charge in [-0.25, -0.2) is 0 Å². The Morgan fingerprint density at radius 3 is 2.62 bits per heavy atom. The van der Waals surface area contributed by atoms with E-state index >= 15 is 0 Å². The highest BCUT2D eigenvalue weighted by molar-refractivity contribution is 6.25. The number of rotatable bonds is 5. The van der Waals surface area contributed by atoms with E-state index in [4.69, 9.17) is 0 Å². The van der Waals surface area contributed by atoms with Gasteiger partial charge in [0.25, 0.3) is 11.8 Å². The molecule has 9 heteroatoms. The van der Waals surface area contributed by atoms with Crippen LogP contribution in [0.2, 0.25) is 0 Å². The van der Waals surface area contributed by atoms with Crippen molar-refractivity contribution in [3.8, 4) is 0 Å². The largest absolute Gasteiger partial charge is 0.377 e. The molecule has 0 radical (unpaired) electrons. The van der Waals surface area contributed by atoms with E-state index in [0.29, 0.717) is 5.69 Å². The van der Waals surface area contributed by atoms with E-state index in [1.165, 1.54) is 0 Å². The molecule has 0 saturated carbocycles. The van der Waals surface area contributed by atoms with Crippen molar-refractivity contribution in [1.29, 1.82) is 0 Å². The van der Waals surface area contributed by atoms with Crippen LogP contribution in [-0.4, -0.2) is 44.8 Å². The van der Waals surface area contributed by atoms with Crippen LogP contribution in [0, 0.1) is 5.92 Å². The third-order valence-corrected chi connectivity index (χ3v) is 5.32. The first-order valence-electron chi connectivity index (χ1n) is 9.48. The van der Waals surface area contributed by atoms with Gasteiger partial charge in [-0.2, -0.15) is 5.10 Å². The van der Waals surface area contributed by atoms with Gasteiger partial charge in [0.05, 0.1) is 23.4 Å². The van der Waals surface area contributed by atoms with Crippen LogP contribution >= 0.6 is 0 Å². The lowest BCUT2D eigenvalue weighted by atomic mass is 9.97. The fourth-order valence-corrected chi connectivity index (χ4v) is 3.87. The van der Waals surface area contributed by atoms with Gasteiger partial charge in [-0.1, -0.05) is 19.9 Å². The first-order valence-corrected chi connectivity index (χ1v) is 9.48. The highest BCUT2D eigenvalue weighted by Gasteiger charge is 2.45. The fraction of sp³-hybridized carbons (Fsp3) is 0.350. The van der Waals surface area contributed by atoms with Gasteiger partial charge < -0.3 is 5.32 Å². The molecule has 4 rings (SSSR count). The van der Waals surface area contributed by atoms with Crippen LogP contribution < -0.4 is 10.6 Å². The minimum Gasteiger partial charge on any atom is -0.377 e. The van der Waals surface area contributed by atoms with Crippen LogP contribution in [0.3, 0.4) is 0 Å². The van der Waals surface area contributed by atoms with Crippen LogP contribution in [0.1, 0.15) is 59.0 Å². The number of piperidine rings is 1. The van der Waals surface area contributed by atoms with Gasteiger partial charge in [0.1, 0.15) is 6.04 Å². The number of nitrogens with one attached hydrogen (secondary N) is 3. The summed E-state index contributed by atoms with van der Waals surface area (Å²) in [4.78, 5) is 50.7. The van der Waals surface area contributed by atoms with Gasteiger partial charge in [0, 0.05) is 23.9 Å². The number of benzene rings is 1. The topological polar surface area (TPSA) is 124 Å². The lowest BCUT2D eigenvalue weighted by Crippen LogP contribution is -2.54. The van der Waals surface area contributed by atoms with Crippen molar-refractivity contribution in [3.63, 3.8) is 0 Å². The van der Waals surface area contributed by atoms with Crippen LogP contribution in [0.5, 0.6) is 0 Å². The van der Waals surface area contributed by atoms with E-state index in [9.17, 15) is 19.2 Å². The zero-order chi connectivity index (χ0) is 20.7. The predicted molar refractivity (Wildman–Crippen MR) is 103 cm³/mol. The Labute approximate surface area is 166 Å². The Balaban J connectivity index is 1.68. The van der Waals surface area contributed by atoms with Crippen LogP contribution in [-0.2, 0) is 9.59 Å². The van der Waals surface area contributed by atoms with Gasteiger partial charge >= 0.3 is 0 Å². The summed E-state index contributed by atoms with van der Waals surface area (Å²) in [5, 5.41) is 12.3. The fourth-order valence-electron chi connectivity index (χ4n) is 3.87. The number of hydrogen-bond donors (Lipinski definition) is 3. The van der Waals surface area contributed by atoms with Crippen molar-refractivity contribution in [2.24, 2.45) is 5.92 Å². The Hall–Kier alpha value is -3.49. The minimum atomic E-state index is -0.984. The second-order valence-corrected chi connectivity index (χ2v) is 7.57. The number of anilines is 1. The number of H-pyrrole nitrogens is 1. The first kappa shape index (κ1) is 18.9. The Bertz CT molecular complexity index is 998. The summed E-state index contributed by atoms with van der Waals surface area (Å²) in [6.45, 7) is 4.08. The van der Waals surface area contributed by atoms with Crippen LogP contribution in [0.4, 0.5) is 5.69 Å². The maximum atomic E-state index is 13.2. The standard InChI is InChI=1S/C20H21N5O4/c1-10(2)17(11-8-21-22-9-11)23-13-5-3-4-12-16(13)20(29)25(19(12)28)14-6-7-15(26)24-18(14)27/h3-5,8-10,14,17,23H,6-7H2,1-2H3,(H,21,22)(H,24,26,27). The van der Waals surface area contributed by atoms with E-state index in [2.05, 4.69) is 20.8 Å². The normalized spacial score (nSPS) is 20.1. The Morgan fingerprint density at radius 2 is 1.97 bits per heavy atom. The molecule has 4 amide bonds. The monoisotopic (exact) mass is 395 g/mol. The highest BCUT2D eigenvalue weighted by Crippen LogP contribution is 2.35. The quantitative estimate of drug-likeness (QED) is 0.661. The second kappa shape index (κ2) is 7.16. The lowest BCUT2D eigenvalue weighted by molar-refractivity contribution is -0.136. The molecule has 150 valence electrons. The zero-order valence-corrected chi connectivity index (χ0v) is 16.1. The SMILES string of the molecule is CC(C)C(Nc1cccc2c1C(=O)N(C1CCC(=O)NC1=O)C2=O)c1cn[nH]c1. The first-order chi connectivity index (χ1) is 13.9. The Kier molecular flexibility index (Phi) is 4.65. The smallest absolute Gasteiger partial charge is 0.264 e. The number of fused-ring (bicyclic) bond motifs is 1. The molecular formula is C20H21N5O4. The molecule has 1 aromatic carbocycles. The number of aromatic amines is 1. The molecule has 1 saturated heterocycles. The number of amides is 4. The molecule has 0 aliphatic carbocycles. The highest BCUT2D eigenvalue weighted by atomic mass is 16.2. The number of carbonyl (C=O) groups is 4. The molecule has 1 fully saturated rings. The number of hydrogen-bond acceptors (Lipinski definition) is 6. The molecule has 1 aromatic heterocycles. The van der Waals surface area contributed by atoms with E-state index < -0.39 is 29.7 Å². The Morgan fingerprint density at radius 1 is 1.17 bits per heavy atom. The predicted octanol–water partition coefficient (Wildman–Crippen LogP) is 1.62. The average Bonchev–Trinajstić information content (AvgIpc) is 3.28. The van der Waals surface area contributed by atoms with Crippen LogP contribution in [0.15, 0.2) is 30.6 Å². The summed E-state index contributed by atoms with van der Waals surface area (Å²) in [5.41, 5.74) is 1.95. The molecule has 0 spiro atoms. The molecule has 2 aliphatic rings. The van der Waals surface area contributed by atoms with Crippen molar-refractivity contribution in [1.82, 2.24) is 20.4 Å². The van der Waals surface area contributed by atoms with E-state index in [1.54, 1.807) is 30.6 Å².